The predicted molar refractivity (Wildman–Crippen MR) is 125 cm³/mol. The fourth-order valence-electron chi connectivity index (χ4n) is 4.00. The lowest BCUT2D eigenvalue weighted by atomic mass is 10.0. The molecular weight excluding hydrogens is 384 g/mol. The zero-order chi connectivity index (χ0) is 21.8. The van der Waals surface area contributed by atoms with Crippen LogP contribution in [-0.2, 0) is 10.1 Å². The summed E-state index contributed by atoms with van der Waals surface area (Å²) in [6, 6.07) is 0. The molecule has 0 aromatic heterocycles. The quantitative estimate of drug-likeness (QED) is 0.137. The molecule has 5 heteroatoms. The molecule has 0 aliphatic heterocycles. The lowest BCUT2D eigenvalue weighted by Gasteiger charge is -2.13. The van der Waals surface area contributed by atoms with E-state index in [0.717, 1.165) is 64.2 Å². The first kappa shape index (κ1) is 28.9. The van der Waals surface area contributed by atoms with Crippen molar-refractivity contribution in [3.8, 4) is 0 Å². The second-order valence-corrected chi connectivity index (χ2v) is 10.6. The molecule has 0 aromatic rings. The van der Waals surface area contributed by atoms with Gasteiger partial charge in [0.1, 0.15) is 0 Å². The van der Waals surface area contributed by atoms with E-state index in [1.54, 1.807) is 0 Å². The molecule has 0 rings (SSSR count). The maximum atomic E-state index is 11.5. The van der Waals surface area contributed by atoms with Crippen molar-refractivity contribution < 1.29 is 18.1 Å². The Kier molecular flexibility index (Phi) is 19.7. The summed E-state index contributed by atoms with van der Waals surface area (Å²) in [7, 11) is -3.89. The van der Waals surface area contributed by atoms with Crippen molar-refractivity contribution in [1.29, 1.82) is 0 Å². The van der Waals surface area contributed by atoms with Gasteiger partial charge in [-0.2, -0.15) is 8.42 Å². The molecule has 4 nitrogen and oxygen atoms in total. The molecule has 0 radical (unpaired) electrons. The first-order valence-corrected chi connectivity index (χ1v) is 14.1. The summed E-state index contributed by atoms with van der Waals surface area (Å²) >= 11 is 0. The topological polar surface area (TPSA) is 74.6 Å². The average Bonchev–Trinajstić information content (AvgIpc) is 2.67. The second-order valence-electron chi connectivity index (χ2n) is 8.90. The van der Waals surface area contributed by atoms with Crippen molar-refractivity contribution in [3.63, 3.8) is 0 Å². The molecule has 0 heterocycles. The monoisotopic (exact) mass is 434 g/mol. The maximum Gasteiger partial charge on any atom is 0.267 e. The van der Waals surface area contributed by atoms with Gasteiger partial charge < -0.3 is 5.11 Å². The summed E-state index contributed by atoms with van der Waals surface area (Å²) in [5, 5.41) is 9.45. The van der Waals surface area contributed by atoms with E-state index < -0.39 is 15.4 Å². The molecular formula is C24H50O4S. The van der Waals surface area contributed by atoms with Crippen molar-refractivity contribution in [2.45, 2.75) is 154 Å². The fourth-order valence-corrected chi connectivity index (χ4v) is 4.93. The van der Waals surface area contributed by atoms with Gasteiger partial charge in [-0.1, -0.05) is 117 Å². The van der Waals surface area contributed by atoms with Crippen LogP contribution in [0.4, 0.5) is 0 Å². The summed E-state index contributed by atoms with van der Waals surface area (Å²) in [6.07, 6.45) is 21.4. The van der Waals surface area contributed by atoms with Crippen molar-refractivity contribution in [3.05, 3.63) is 0 Å². The Morgan fingerprint density at radius 2 is 0.862 bits per heavy atom. The molecule has 0 spiro atoms. The predicted octanol–water partition coefficient (Wildman–Crippen LogP) is 7.45. The Morgan fingerprint density at radius 1 is 0.552 bits per heavy atom. The van der Waals surface area contributed by atoms with Crippen molar-refractivity contribution in [2.75, 3.05) is 0 Å². The Hall–Kier alpha value is -0.130. The lowest BCUT2D eigenvalue weighted by molar-refractivity contribution is 0.147. The maximum absolute atomic E-state index is 11.5. The second kappa shape index (κ2) is 19.8. The standard InChI is InChI=1S/C24H50O4S/c1-3-5-7-12-16-19-23(25)20-17-13-10-8-9-11-14-18-22-24(29(26,27)28)21-15-6-4-2/h23-25H,3-22H2,1-2H3,(H,26,27,28). The summed E-state index contributed by atoms with van der Waals surface area (Å²) in [5.41, 5.74) is 0. The van der Waals surface area contributed by atoms with Crippen molar-refractivity contribution in [2.24, 2.45) is 0 Å². The van der Waals surface area contributed by atoms with Crippen molar-refractivity contribution in [1.82, 2.24) is 0 Å². The molecule has 2 atom stereocenters. The summed E-state index contributed by atoms with van der Waals surface area (Å²) < 4.78 is 32.3. The molecule has 0 saturated carbocycles. The van der Waals surface area contributed by atoms with Gasteiger partial charge >= 0.3 is 0 Å². The van der Waals surface area contributed by atoms with Crippen LogP contribution >= 0.6 is 0 Å². The Bertz CT molecular complexity index is 436. The summed E-state index contributed by atoms with van der Waals surface area (Å²) in [6.45, 7) is 4.32. The van der Waals surface area contributed by atoms with Crippen molar-refractivity contribution >= 4 is 10.1 Å². The van der Waals surface area contributed by atoms with Crippen LogP contribution in [0.25, 0.3) is 0 Å². The highest BCUT2D eigenvalue weighted by atomic mass is 32.2. The van der Waals surface area contributed by atoms with Gasteiger partial charge in [0.05, 0.1) is 11.4 Å². The van der Waals surface area contributed by atoms with E-state index in [0.29, 0.717) is 12.8 Å². The van der Waals surface area contributed by atoms with E-state index in [4.69, 9.17) is 0 Å². The van der Waals surface area contributed by atoms with Crippen LogP contribution in [0.2, 0.25) is 0 Å². The molecule has 0 bridgehead atoms. The lowest BCUT2D eigenvalue weighted by Crippen LogP contribution is -2.20. The molecule has 29 heavy (non-hydrogen) atoms. The van der Waals surface area contributed by atoms with Crippen LogP contribution in [0.1, 0.15) is 142 Å². The van der Waals surface area contributed by atoms with E-state index in [9.17, 15) is 18.1 Å². The van der Waals surface area contributed by atoms with Gasteiger partial charge in [0.2, 0.25) is 0 Å². The van der Waals surface area contributed by atoms with Gasteiger partial charge in [0.15, 0.2) is 0 Å². The molecule has 0 fully saturated rings. The van der Waals surface area contributed by atoms with Crippen LogP contribution < -0.4 is 0 Å². The molecule has 2 unspecified atom stereocenters. The van der Waals surface area contributed by atoms with Crippen LogP contribution in [0.15, 0.2) is 0 Å². The van der Waals surface area contributed by atoms with Gasteiger partial charge in [0, 0.05) is 0 Å². The van der Waals surface area contributed by atoms with Gasteiger partial charge in [-0.05, 0) is 25.7 Å². The molecule has 0 aromatic carbocycles. The van der Waals surface area contributed by atoms with Crippen LogP contribution in [-0.4, -0.2) is 29.4 Å². The number of aliphatic hydroxyl groups is 1. The van der Waals surface area contributed by atoms with E-state index in [-0.39, 0.29) is 6.10 Å². The average molecular weight is 435 g/mol. The normalized spacial score (nSPS) is 14.2. The first-order valence-electron chi connectivity index (χ1n) is 12.6. The van der Waals surface area contributed by atoms with E-state index >= 15 is 0 Å². The Labute approximate surface area is 182 Å². The van der Waals surface area contributed by atoms with Crippen LogP contribution in [0.5, 0.6) is 0 Å². The number of rotatable bonds is 22. The fraction of sp³-hybridized carbons (Fsp3) is 1.00. The minimum Gasteiger partial charge on any atom is -0.393 e. The Balaban J connectivity index is 3.51. The third-order valence-corrected chi connectivity index (χ3v) is 7.32. The number of unbranched alkanes of at least 4 members (excludes halogenated alkanes) is 13. The minimum atomic E-state index is -3.89. The van der Waals surface area contributed by atoms with Gasteiger partial charge in [-0.25, -0.2) is 0 Å². The van der Waals surface area contributed by atoms with Gasteiger partial charge in [0.25, 0.3) is 10.1 Å². The highest BCUT2D eigenvalue weighted by molar-refractivity contribution is 7.86. The summed E-state index contributed by atoms with van der Waals surface area (Å²) in [5.74, 6) is 0. The zero-order valence-electron chi connectivity index (χ0n) is 19.4. The first-order chi connectivity index (χ1) is 13.9. The highest BCUT2D eigenvalue weighted by Gasteiger charge is 2.21. The third-order valence-electron chi connectivity index (χ3n) is 6.01. The van der Waals surface area contributed by atoms with E-state index in [1.165, 1.54) is 51.4 Å². The largest absolute Gasteiger partial charge is 0.393 e. The SMILES string of the molecule is CCCCCCCC(O)CCCCCCCCCCC(CCCCC)S(=O)(=O)O. The number of hydrogen-bond donors (Lipinski definition) is 2. The smallest absolute Gasteiger partial charge is 0.267 e. The molecule has 2 N–H and O–H groups in total. The number of hydrogen-bond acceptors (Lipinski definition) is 3. The molecule has 0 saturated heterocycles. The molecule has 176 valence electrons. The Morgan fingerprint density at radius 3 is 1.28 bits per heavy atom. The summed E-state index contributed by atoms with van der Waals surface area (Å²) in [4.78, 5) is 0. The minimum absolute atomic E-state index is 0.107. The molecule has 0 amide bonds. The van der Waals surface area contributed by atoms with E-state index in [1.807, 2.05) is 0 Å². The molecule has 0 aliphatic carbocycles. The molecule has 0 aliphatic rings. The van der Waals surface area contributed by atoms with E-state index in [2.05, 4.69) is 13.8 Å². The third kappa shape index (κ3) is 19.6. The highest BCUT2D eigenvalue weighted by Crippen LogP contribution is 2.19. The van der Waals surface area contributed by atoms with Gasteiger partial charge in [-0.3, -0.25) is 4.55 Å². The van der Waals surface area contributed by atoms with Crippen LogP contribution in [0.3, 0.4) is 0 Å². The zero-order valence-corrected chi connectivity index (χ0v) is 20.2. The van der Waals surface area contributed by atoms with Gasteiger partial charge in [-0.15, -0.1) is 0 Å². The van der Waals surface area contributed by atoms with Crippen LogP contribution in [0, 0.1) is 0 Å². The number of aliphatic hydroxyl groups excluding tert-OH is 1.